The fourth-order valence-electron chi connectivity index (χ4n) is 0.944. The van der Waals surface area contributed by atoms with Crippen molar-refractivity contribution in [2.24, 2.45) is 0 Å². The molecule has 0 aromatic rings. The first kappa shape index (κ1) is 13.2. The Labute approximate surface area is 77.9 Å². The van der Waals surface area contributed by atoms with E-state index in [4.69, 9.17) is 0 Å². The molecule has 0 saturated heterocycles. The van der Waals surface area contributed by atoms with Crippen LogP contribution in [0.3, 0.4) is 0 Å². The van der Waals surface area contributed by atoms with Crippen LogP contribution in [0.1, 0.15) is 33.6 Å². The van der Waals surface area contributed by atoms with Crippen LogP contribution in [0.15, 0.2) is 0 Å². The number of rotatable bonds is 5. The summed E-state index contributed by atoms with van der Waals surface area (Å²) in [6.45, 7) is 11.1. The van der Waals surface area contributed by atoms with Crippen LogP contribution >= 0.6 is 0 Å². The third kappa shape index (κ3) is 6.70. The molecule has 0 rings (SSSR count). The third-order valence-electron chi connectivity index (χ3n) is 1.39. The van der Waals surface area contributed by atoms with E-state index < -0.39 is 0 Å². The average molecular weight is 194 g/mol. The van der Waals surface area contributed by atoms with Gasteiger partial charge in [0.1, 0.15) is 0 Å². The maximum atomic E-state index is 2.36. The molecule has 0 heterocycles. The van der Waals surface area contributed by atoms with Crippen LogP contribution in [0.25, 0.3) is 0 Å². The van der Waals surface area contributed by atoms with Crippen LogP contribution in [-0.2, 0) is 19.5 Å². The second kappa shape index (κ2) is 9.58. The van der Waals surface area contributed by atoms with E-state index in [0.29, 0.717) is 0 Å². The molecule has 0 fully saturated rings. The summed E-state index contributed by atoms with van der Waals surface area (Å²) < 4.78 is 0. The molecule has 0 amide bonds. The van der Waals surface area contributed by atoms with E-state index in [-0.39, 0.29) is 19.5 Å². The van der Waals surface area contributed by atoms with E-state index in [1.54, 1.807) is 0 Å². The Morgan fingerprint density at radius 3 is 1.70 bits per heavy atom. The zero-order chi connectivity index (χ0) is 7.11. The molecule has 2 heteroatoms. The molecule has 1 nitrogen and oxygen atoms in total. The van der Waals surface area contributed by atoms with Crippen molar-refractivity contribution in [2.45, 2.75) is 33.6 Å². The molecule has 0 aromatic carbocycles. The first-order valence-electron chi connectivity index (χ1n) is 3.88. The predicted molar refractivity (Wildman–Crippen MR) is 42.1 cm³/mol. The zero-order valence-corrected chi connectivity index (χ0v) is 10.5. The second-order valence-electron chi connectivity index (χ2n) is 2.29. The van der Waals surface area contributed by atoms with Gasteiger partial charge < -0.3 is 4.90 Å². The Morgan fingerprint density at radius 1 is 1.10 bits per heavy atom. The quantitative estimate of drug-likeness (QED) is 0.478. The van der Waals surface area contributed by atoms with Gasteiger partial charge in [0.2, 0.25) is 0 Å². The van der Waals surface area contributed by atoms with Gasteiger partial charge in [-0.15, -0.1) is 0 Å². The molecule has 0 aliphatic carbocycles. The van der Waals surface area contributed by atoms with Crippen molar-refractivity contribution in [3.05, 3.63) is 6.54 Å². The van der Waals surface area contributed by atoms with Crippen molar-refractivity contribution in [3.8, 4) is 0 Å². The molecule has 0 N–H and O–H groups in total. The summed E-state index contributed by atoms with van der Waals surface area (Å²) in [7, 11) is 0. The smallest absolute Gasteiger partial charge is 0 e. The van der Waals surface area contributed by atoms with Gasteiger partial charge in [0, 0.05) is 19.5 Å². The summed E-state index contributed by atoms with van der Waals surface area (Å²) in [4.78, 5) is 2.36. The monoisotopic (exact) mass is 192 g/mol. The largest absolute Gasteiger partial charge is 0.457 e. The molecule has 0 atom stereocenters. The Morgan fingerprint density at radius 2 is 1.50 bits per heavy atom. The fourth-order valence-corrected chi connectivity index (χ4v) is 0.944. The van der Waals surface area contributed by atoms with E-state index >= 15 is 0 Å². The first-order chi connectivity index (χ1) is 4.35. The van der Waals surface area contributed by atoms with Gasteiger partial charge in [-0.05, 0) is 25.9 Å². The molecule has 0 aliphatic heterocycles. The molecule has 0 unspecified atom stereocenters. The normalized spacial score (nSPS) is 9.60. The molecule has 10 heavy (non-hydrogen) atoms. The minimum absolute atomic E-state index is 0. The molecular formula is C8H18NZn-. The minimum atomic E-state index is 0. The van der Waals surface area contributed by atoms with Gasteiger partial charge in [-0.2, -0.15) is 6.92 Å². The summed E-state index contributed by atoms with van der Waals surface area (Å²) >= 11 is 0. The van der Waals surface area contributed by atoms with E-state index in [2.05, 4.69) is 32.2 Å². The standard InChI is InChI=1S/C8H18N.Zn/c1-4-7-9(6-3)8-5-2;/h6H,4-5,7-8H2,1-3H3;/q-1;. The summed E-state index contributed by atoms with van der Waals surface area (Å²) in [5.74, 6) is 0. The SMILES string of the molecule is C[CH-]N(CCC)CCC.[Zn]. The van der Waals surface area contributed by atoms with Crippen molar-refractivity contribution in [2.75, 3.05) is 13.1 Å². The van der Waals surface area contributed by atoms with Crippen LogP contribution in [0, 0.1) is 6.54 Å². The van der Waals surface area contributed by atoms with Crippen LogP contribution in [0.2, 0.25) is 0 Å². The van der Waals surface area contributed by atoms with Crippen molar-refractivity contribution in [1.29, 1.82) is 0 Å². The predicted octanol–water partition coefficient (Wildman–Crippen LogP) is 2.29. The summed E-state index contributed by atoms with van der Waals surface area (Å²) in [5.41, 5.74) is 0. The average Bonchev–Trinajstić information content (AvgIpc) is 1.88. The van der Waals surface area contributed by atoms with Crippen molar-refractivity contribution >= 4 is 0 Å². The van der Waals surface area contributed by atoms with Gasteiger partial charge in [-0.1, -0.05) is 13.8 Å². The summed E-state index contributed by atoms with van der Waals surface area (Å²) in [5, 5.41) is 0. The Bertz CT molecular complexity index is 51.2. The van der Waals surface area contributed by atoms with Gasteiger partial charge in [0.05, 0.1) is 0 Å². The number of hydrogen-bond donors (Lipinski definition) is 0. The van der Waals surface area contributed by atoms with Gasteiger partial charge in [0.25, 0.3) is 0 Å². The number of nitrogens with zero attached hydrogens (tertiary/aromatic N) is 1. The summed E-state index contributed by atoms with van der Waals surface area (Å²) in [6, 6.07) is 0. The molecule has 0 aliphatic rings. The molecule has 58 valence electrons. The molecule has 0 aromatic heterocycles. The number of hydrogen-bond acceptors (Lipinski definition) is 1. The van der Waals surface area contributed by atoms with Crippen LogP contribution in [-0.4, -0.2) is 18.0 Å². The van der Waals surface area contributed by atoms with Gasteiger partial charge >= 0.3 is 0 Å². The molecule has 0 spiro atoms. The fraction of sp³-hybridized carbons (Fsp3) is 0.875. The Kier molecular flexibility index (Phi) is 12.6. The van der Waals surface area contributed by atoms with E-state index in [9.17, 15) is 0 Å². The molecular weight excluding hydrogens is 175 g/mol. The second-order valence-corrected chi connectivity index (χ2v) is 2.29. The topological polar surface area (TPSA) is 3.24 Å². The molecule has 0 saturated carbocycles. The maximum absolute atomic E-state index is 2.36. The Balaban J connectivity index is 0. The Hall–Kier alpha value is 0.583. The maximum Gasteiger partial charge on any atom is 0 e. The van der Waals surface area contributed by atoms with E-state index in [1.165, 1.54) is 25.9 Å². The third-order valence-corrected chi connectivity index (χ3v) is 1.39. The molecule has 0 radical (unpaired) electrons. The van der Waals surface area contributed by atoms with E-state index in [1.807, 2.05) is 0 Å². The first-order valence-corrected chi connectivity index (χ1v) is 3.88. The van der Waals surface area contributed by atoms with Crippen molar-refractivity contribution in [3.63, 3.8) is 0 Å². The minimum Gasteiger partial charge on any atom is -0.457 e. The van der Waals surface area contributed by atoms with Gasteiger partial charge in [-0.25, -0.2) is 0 Å². The van der Waals surface area contributed by atoms with E-state index in [0.717, 1.165) is 0 Å². The molecule has 0 bridgehead atoms. The van der Waals surface area contributed by atoms with Crippen LogP contribution in [0.4, 0.5) is 0 Å². The van der Waals surface area contributed by atoms with Gasteiger partial charge in [-0.3, -0.25) is 6.54 Å². The van der Waals surface area contributed by atoms with Crippen LogP contribution < -0.4 is 0 Å². The zero-order valence-electron chi connectivity index (χ0n) is 7.56. The summed E-state index contributed by atoms with van der Waals surface area (Å²) in [6.07, 6.45) is 2.51. The van der Waals surface area contributed by atoms with Crippen molar-refractivity contribution < 1.29 is 19.5 Å². The van der Waals surface area contributed by atoms with Gasteiger partial charge in [0.15, 0.2) is 0 Å². The van der Waals surface area contributed by atoms with Crippen molar-refractivity contribution in [1.82, 2.24) is 4.90 Å². The van der Waals surface area contributed by atoms with Crippen LogP contribution in [0.5, 0.6) is 0 Å².